The van der Waals surface area contributed by atoms with Gasteiger partial charge in [0.2, 0.25) is 5.91 Å². The Balaban J connectivity index is 1.47. The predicted octanol–water partition coefficient (Wildman–Crippen LogP) is 1.57. The van der Waals surface area contributed by atoms with Crippen molar-refractivity contribution in [3.8, 4) is 5.75 Å². The van der Waals surface area contributed by atoms with Crippen LogP contribution in [0.5, 0.6) is 5.75 Å². The highest BCUT2D eigenvalue weighted by Gasteiger charge is 2.20. The van der Waals surface area contributed by atoms with Crippen LogP contribution in [-0.2, 0) is 27.4 Å². The minimum Gasteiger partial charge on any atom is -0.444 e. The summed E-state index contributed by atoms with van der Waals surface area (Å²) in [6, 6.07) is 12.9. The number of amides is 1. The van der Waals surface area contributed by atoms with Crippen LogP contribution in [0.4, 0.5) is 10.5 Å². The molecule has 0 bridgehead atoms. The Morgan fingerprint density at radius 1 is 1.12 bits per heavy atom. The highest BCUT2D eigenvalue weighted by atomic mass is 16.6. The second-order valence-corrected chi connectivity index (χ2v) is 7.05. The molecule has 1 atom stereocenters. The molecule has 0 aliphatic carbocycles. The Labute approximate surface area is 193 Å². The molecule has 12 nitrogen and oxygen atoms in total. The number of nitro benzene ring substituents is 1. The molecule has 0 aliphatic heterocycles. The van der Waals surface area contributed by atoms with Crippen molar-refractivity contribution < 1.29 is 28.8 Å². The van der Waals surface area contributed by atoms with E-state index in [-0.39, 0.29) is 24.5 Å². The van der Waals surface area contributed by atoms with E-state index in [1.54, 1.807) is 0 Å². The number of hydrogen-bond acceptors (Lipinski definition) is 9. The summed E-state index contributed by atoms with van der Waals surface area (Å²) in [6.07, 6.45) is 1.94. The molecule has 0 aliphatic rings. The van der Waals surface area contributed by atoms with Crippen molar-refractivity contribution in [3.05, 3.63) is 88.5 Å². The maximum absolute atomic E-state index is 12.4. The van der Waals surface area contributed by atoms with E-state index in [1.165, 1.54) is 36.8 Å². The van der Waals surface area contributed by atoms with Crippen LogP contribution >= 0.6 is 0 Å². The number of carbonyl (C=O) groups excluding carboxylic acids is 3. The summed E-state index contributed by atoms with van der Waals surface area (Å²) in [5.74, 6) is -1.35. The lowest BCUT2D eigenvalue weighted by molar-refractivity contribution is -0.384. The van der Waals surface area contributed by atoms with Gasteiger partial charge in [-0.15, -0.1) is 0 Å². The lowest BCUT2D eigenvalue weighted by Gasteiger charge is -2.13. The number of hydrogen-bond donors (Lipinski definition) is 2. The summed E-state index contributed by atoms with van der Waals surface area (Å²) in [4.78, 5) is 50.5. The highest BCUT2D eigenvalue weighted by Crippen LogP contribution is 2.17. The second kappa shape index (κ2) is 11.3. The molecule has 1 heterocycles. The maximum Gasteiger partial charge on any atom is 0.419 e. The first-order chi connectivity index (χ1) is 16.3. The van der Waals surface area contributed by atoms with Gasteiger partial charge in [-0.05, 0) is 17.7 Å². The van der Waals surface area contributed by atoms with Crippen LogP contribution in [0.1, 0.15) is 11.3 Å². The predicted molar refractivity (Wildman–Crippen MR) is 118 cm³/mol. The van der Waals surface area contributed by atoms with E-state index in [1.807, 2.05) is 30.3 Å². The van der Waals surface area contributed by atoms with Crippen molar-refractivity contribution in [1.29, 1.82) is 0 Å². The number of nitro groups is 1. The number of carbonyl (C=O) groups is 3. The lowest BCUT2D eigenvalue weighted by atomic mass is 10.1. The lowest BCUT2D eigenvalue weighted by Crippen LogP contribution is -2.44. The van der Waals surface area contributed by atoms with Gasteiger partial charge in [-0.2, -0.15) is 0 Å². The third-order valence-corrected chi connectivity index (χ3v) is 4.57. The van der Waals surface area contributed by atoms with E-state index in [0.717, 1.165) is 10.1 Å². The fraction of sp³-hybridized carbons (Fsp3) is 0.182. The number of ether oxygens (including phenoxy) is 2. The fourth-order valence-electron chi connectivity index (χ4n) is 2.84. The van der Waals surface area contributed by atoms with Gasteiger partial charge in [0.25, 0.3) is 5.69 Å². The number of non-ortho nitro benzene ring substituents is 1. The molecule has 3 rings (SSSR count). The summed E-state index contributed by atoms with van der Waals surface area (Å²) in [6.45, 7) is -0.400. The zero-order valence-electron chi connectivity index (χ0n) is 17.8. The highest BCUT2D eigenvalue weighted by molar-refractivity contribution is 5.86. The van der Waals surface area contributed by atoms with Gasteiger partial charge >= 0.3 is 12.1 Å². The normalized spacial score (nSPS) is 11.3. The zero-order valence-corrected chi connectivity index (χ0v) is 17.8. The molecule has 0 spiro atoms. The van der Waals surface area contributed by atoms with Gasteiger partial charge < -0.3 is 20.5 Å². The SMILES string of the molecule is NC(Cc1cncn1C(=O)OCc1ccccc1)C(=O)NCC(=O)Oc1ccc([N+](=O)[O-])cc1. The molecule has 0 radical (unpaired) electrons. The molecule has 34 heavy (non-hydrogen) atoms. The Hall–Kier alpha value is -4.58. The van der Waals surface area contributed by atoms with Crippen LogP contribution < -0.4 is 15.8 Å². The molecule has 1 aromatic heterocycles. The fourth-order valence-corrected chi connectivity index (χ4v) is 2.84. The van der Waals surface area contributed by atoms with E-state index < -0.39 is 35.5 Å². The summed E-state index contributed by atoms with van der Waals surface area (Å²) < 4.78 is 11.4. The summed E-state index contributed by atoms with van der Waals surface area (Å²) in [5.41, 5.74) is 6.92. The minimum atomic E-state index is -1.08. The topological polar surface area (TPSA) is 169 Å². The first-order valence-electron chi connectivity index (χ1n) is 10.0. The van der Waals surface area contributed by atoms with Gasteiger partial charge in [-0.1, -0.05) is 30.3 Å². The largest absolute Gasteiger partial charge is 0.444 e. The van der Waals surface area contributed by atoms with Crippen molar-refractivity contribution in [2.45, 2.75) is 19.1 Å². The molecule has 1 unspecified atom stereocenters. The minimum absolute atomic E-state index is 0.0380. The van der Waals surface area contributed by atoms with Crippen LogP contribution in [-0.4, -0.2) is 45.0 Å². The van der Waals surface area contributed by atoms with Crippen LogP contribution in [0.3, 0.4) is 0 Å². The monoisotopic (exact) mass is 467 g/mol. The van der Waals surface area contributed by atoms with Crippen LogP contribution in [0.25, 0.3) is 0 Å². The molecular formula is C22H21N5O7. The molecular weight excluding hydrogens is 446 g/mol. The third-order valence-electron chi connectivity index (χ3n) is 4.57. The maximum atomic E-state index is 12.4. The number of nitrogens with one attached hydrogen (secondary N) is 1. The van der Waals surface area contributed by atoms with Gasteiger partial charge in [0.1, 0.15) is 25.2 Å². The van der Waals surface area contributed by atoms with Gasteiger partial charge in [0.15, 0.2) is 0 Å². The smallest absolute Gasteiger partial charge is 0.419 e. The number of nitrogens with zero attached hydrogens (tertiary/aromatic N) is 3. The summed E-state index contributed by atoms with van der Waals surface area (Å²) in [7, 11) is 0. The molecule has 3 aromatic rings. The number of nitrogens with two attached hydrogens (primary N) is 1. The van der Waals surface area contributed by atoms with E-state index in [0.29, 0.717) is 5.69 Å². The van der Waals surface area contributed by atoms with Crippen molar-refractivity contribution in [2.75, 3.05) is 6.54 Å². The Kier molecular flexibility index (Phi) is 8.02. The van der Waals surface area contributed by atoms with E-state index >= 15 is 0 Å². The number of imidazole rings is 1. The van der Waals surface area contributed by atoms with Gasteiger partial charge in [0.05, 0.1) is 16.7 Å². The van der Waals surface area contributed by atoms with Gasteiger partial charge in [0, 0.05) is 24.8 Å². The van der Waals surface area contributed by atoms with Crippen LogP contribution in [0, 0.1) is 10.1 Å². The molecule has 12 heteroatoms. The number of aromatic nitrogens is 2. The van der Waals surface area contributed by atoms with Gasteiger partial charge in [-0.25, -0.2) is 19.1 Å². The molecule has 0 saturated heterocycles. The Bertz CT molecular complexity index is 1160. The average molecular weight is 467 g/mol. The zero-order chi connectivity index (χ0) is 24.5. The van der Waals surface area contributed by atoms with Crippen LogP contribution in [0.2, 0.25) is 0 Å². The first kappa shape index (κ1) is 24.1. The van der Waals surface area contributed by atoms with Crippen molar-refractivity contribution in [2.24, 2.45) is 5.73 Å². The van der Waals surface area contributed by atoms with Crippen LogP contribution in [0.15, 0.2) is 67.1 Å². The molecule has 0 fully saturated rings. The van der Waals surface area contributed by atoms with Crippen molar-refractivity contribution >= 4 is 23.7 Å². The first-order valence-corrected chi connectivity index (χ1v) is 10.0. The number of esters is 1. The number of benzene rings is 2. The van der Waals surface area contributed by atoms with E-state index in [2.05, 4.69) is 10.3 Å². The quantitative estimate of drug-likeness (QED) is 0.205. The molecule has 3 N–H and O–H groups in total. The third kappa shape index (κ3) is 6.71. The second-order valence-electron chi connectivity index (χ2n) is 7.05. The molecule has 1 amide bonds. The number of rotatable bonds is 9. The van der Waals surface area contributed by atoms with E-state index in [9.17, 15) is 24.5 Å². The van der Waals surface area contributed by atoms with Gasteiger partial charge in [-0.3, -0.25) is 14.9 Å². The Morgan fingerprint density at radius 2 is 1.82 bits per heavy atom. The standard InChI is InChI=1S/C22H21N5O7/c23-19(21(29)25-12-20(28)34-18-8-6-16(7-9-18)27(31)32)10-17-11-24-14-26(17)22(30)33-13-15-4-2-1-3-5-15/h1-9,11,14,19H,10,12-13,23H2,(H,25,29). The summed E-state index contributed by atoms with van der Waals surface area (Å²) >= 11 is 0. The average Bonchev–Trinajstić information content (AvgIpc) is 3.30. The molecule has 176 valence electrons. The van der Waals surface area contributed by atoms with Crippen molar-refractivity contribution in [3.63, 3.8) is 0 Å². The molecule has 0 saturated carbocycles. The van der Waals surface area contributed by atoms with Crippen molar-refractivity contribution in [1.82, 2.24) is 14.9 Å². The van der Waals surface area contributed by atoms with E-state index in [4.69, 9.17) is 15.2 Å². The molecule has 2 aromatic carbocycles. The Morgan fingerprint density at radius 3 is 2.50 bits per heavy atom. The summed E-state index contributed by atoms with van der Waals surface area (Å²) in [5, 5.41) is 13.0.